The lowest BCUT2D eigenvalue weighted by Gasteiger charge is -2.13. The summed E-state index contributed by atoms with van der Waals surface area (Å²) >= 11 is 0. The van der Waals surface area contributed by atoms with E-state index in [1.165, 1.54) is 0 Å². The molecule has 24 heavy (non-hydrogen) atoms. The molecule has 0 bridgehead atoms. The molecule has 122 valence electrons. The standard InChI is InChI=1S/C18H19N5O/c1-11-6-13(10-19-8-11)18-22-21-17-12(2)9-20-15-7-14(24-3)4-5-16(15)23(17)18/h4-8,10,12,20H,9H2,1-3H3/t12-/m0/s1. The van der Waals surface area contributed by atoms with E-state index in [1.54, 1.807) is 7.11 Å². The number of hydrogen-bond donors (Lipinski definition) is 1. The number of pyridine rings is 1. The number of nitrogens with zero attached hydrogens (tertiary/aromatic N) is 4. The minimum Gasteiger partial charge on any atom is -0.497 e. The van der Waals surface area contributed by atoms with Gasteiger partial charge in [-0.2, -0.15) is 0 Å². The number of hydrogen-bond acceptors (Lipinski definition) is 5. The van der Waals surface area contributed by atoms with Crippen molar-refractivity contribution in [2.45, 2.75) is 19.8 Å². The summed E-state index contributed by atoms with van der Waals surface area (Å²) in [5.74, 6) is 2.82. The fraction of sp³-hybridized carbons (Fsp3) is 0.278. The zero-order valence-corrected chi connectivity index (χ0v) is 13.9. The summed E-state index contributed by atoms with van der Waals surface area (Å²) in [4.78, 5) is 4.30. The second-order valence-electron chi connectivity index (χ2n) is 6.13. The van der Waals surface area contributed by atoms with Crippen LogP contribution in [0.2, 0.25) is 0 Å². The number of rotatable bonds is 2. The van der Waals surface area contributed by atoms with Crippen LogP contribution in [0.5, 0.6) is 5.75 Å². The molecular formula is C18H19N5O. The fourth-order valence-corrected chi connectivity index (χ4v) is 3.05. The van der Waals surface area contributed by atoms with Crippen LogP contribution in [0.15, 0.2) is 36.7 Å². The van der Waals surface area contributed by atoms with E-state index < -0.39 is 0 Å². The number of aryl methyl sites for hydroxylation is 1. The molecule has 0 radical (unpaired) electrons. The number of benzene rings is 1. The van der Waals surface area contributed by atoms with Crippen LogP contribution < -0.4 is 10.1 Å². The van der Waals surface area contributed by atoms with Crippen LogP contribution in [0, 0.1) is 6.92 Å². The van der Waals surface area contributed by atoms with Gasteiger partial charge in [-0.3, -0.25) is 9.55 Å². The lowest BCUT2D eigenvalue weighted by atomic mass is 10.1. The first-order valence-corrected chi connectivity index (χ1v) is 7.97. The molecule has 3 aromatic rings. The van der Waals surface area contributed by atoms with Crippen LogP contribution in [-0.2, 0) is 0 Å². The maximum atomic E-state index is 5.36. The lowest BCUT2D eigenvalue weighted by Crippen LogP contribution is -2.09. The molecule has 6 heteroatoms. The average molecular weight is 321 g/mol. The number of fused-ring (bicyclic) bond motifs is 3. The van der Waals surface area contributed by atoms with Gasteiger partial charge < -0.3 is 10.1 Å². The third-order valence-electron chi connectivity index (χ3n) is 4.31. The molecule has 1 N–H and O–H groups in total. The molecule has 0 unspecified atom stereocenters. The van der Waals surface area contributed by atoms with Gasteiger partial charge in [0, 0.05) is 36.5 Å². The second-order valence-corrected chi connectivity index (χ2v) is 6.13. The summed E-state index contributed by atoms with van der Waals surface area (Å²) in [6.45, 7) is 4.97. The zero-order chi connectivity index (χ0) is 16.7. The fourth-order valence-electron chi connectivity index (χ4n) is 3.05. The van der Waals surface area contributed by atoms with Crippen LogP contribution in [0.25, 0.3) is 17.1 Å². The second kappa shape index (κ2) is 5.63. The molecule has 0 amide bonds. The van der Waals surface area contributed by atoms with Crippen molar-refractivity contribution in [3.05, 3.63) is 48.0 Å². The zero-order valence-electron chi connectivity index (χ0n) is 13.9. The largest absolute Gasteiger partial charge is 0.497 e. The monoisotopic (exact) mass is 321 g/mol. The van der Waals surface area contributed by atoms with Crippen LogP contribution in [0.3, 0.4) is 0 Å². The van der Waals surface area contributed by atoms with Crippen molar-refractivity contribution in [3.8, 4) is 22.8 Å². The van der Waals surface area contributed by atoms with E-state index in [0.717, 1.165) is 46.4 Å². The predicted octanol–water partition coefficient (Wildman–Crippen LogP) is 3.18. The first-order chi connectivity index (χ1) is 11.7. The number of nitrogens with one attached hydrogen (secondary N) is 1. The van der Waals surface area contributed by atoms with Gasteiger partial charge in [-0.05, 0) is 30.7 Å². The molecule has 3 heterocycles. The molecular weight excluding hydrogens is 302 g/mol. The third kappa shape index (κ3) is 2.31. The normalized spacial score (nSPS) is 15.9. The third-order valence-corrected chi connectivity index (χ3v) is 4.31. The molecule has 0 fully saturated rings. The van der Waals surface area contributed by atoms with Gasteiger partial charge in [0.25, 0.3) is 0 Å². The predicted molar refractivity (Wildman–Crippen MR) is 92.8 cm³/mol. The smallest absolute Gasteiger partial charge is 0.170 e. The highest BCUT2D eigenvalue weighted by Crippen LogP contribution is 2.35. The van der Waals surface area contributed by atoms with E-state index in [1.807, 2.05) is 37.5 Å². The summed E-state index contributed by atoms with van der Waals surface area (Å²) in [6, 6.07) is 8.09. The molecule has 4 rings (SSSR count). The maximum absolute atomic E-state index is 5.36. The average Bonchev–Trinajstić information content (AvgIpc) is 2.99. The van der Waals surface area contributed by atoms with Crippen molar-refractivity contribution in [1.29, 1.82) is 0 Å². The van der Waals surface area contributed by atoms with Gasteiger partial charge in [-0.15, -0.1) is 10.2 Å². The minimum absolute atomic E-state index is 0.238. The molecule has 0 saturated heterocycles. The molecule has 0 saturated carbocycles. The van der Waals surface area contributed by atoms with Gasteiger partial charge >= 0.3 is 0 Å². The SMILES string of the molecule is COc1ccc2c(c1)NC[C@H](C)c1nnc(-c3cncc(C)c3)n1-2. The Balaban J connectivity index is 1.96. The van der Waals surface area contributed by atoms with Gasteiger partial charge in [-0.25, -0.2) is 0 Å². The molecule has 2 aromatic heterocycles. The topological polar surface area (TPSA) is 64.9 Å². The number of methoxy groups -OCH3 is 1. The number of ether oxygens (including phenoxy) is 1. The van der Waals surface area contributed by atoms with Gasteiger partial charge in [0.2, 0.25) is 0 Å². The Kier molecular flexibility index (Phi) is 3.45. The van der Waals surface area contributed by atoms with E-state index >= 15 is 0 Å². The Hall–Kier alpha value is -2.89. The van der Waals surface area contributed by atoms with E-state index in [4.69, 9.17) is 4.74 Å². The van der Waals surface area contributed by atoms with E-state index in [9.17, 15) is 0 Å². The molecule has 1 aliphatic heterocycles. The van der Waals surface area contributed by atoms with Crippen molar-refractivity contribution >= 4 is 5.69 Å². The highest BCUT2D eigenvalue weighted by Gasteiger charge is 2.25. The van der Waals surface area contributed by atoms with Crippen molar-refractivity contribution in [2.24, 2.45) is 0 Å². The molecule has 1 aromatic carbocycles. The Bertz CT molecular complexity index is 902. The van der Waals surface area contributed by atoms with Crippen LogP contribution in [0.4, 0.5) is 5.69 Å². The van der Waals surface area contributed by atoms with Crippen molar-refractivity contribution in [2.75, 3.05) is 19.0 Å². The van der Waals surface area contributed by atoms with Crippen LogP contribution in [0.1, 0.15) is 24.2 Å². The van der Waals surface area contributed by atoms with Gasteiger partial charge in [-0.1, -0.05) is 6.92 Å². The Morgan fingerprint density at radius 2 is 2.08 bits per heavy atom. The molecule has 6 nitrogen and oxygen atoms in total. The Morgan fingerprint density at radius 3 is 2.88 bits per heavy atom. The maximum Gasteiger partial charge on any atom is 0.170 e. The van der Waals surface area contributed by atoms with Crippen LogP contribution in [-0.4, -0.2) is 33.4 Å². The minimum atomic E-state index is 0.238. The van der Waals surface area contributed by atoms with E-state index in [-0.39, 0.29) is 5.92 Å². The summed E-state index contributed by atoms with van der Waals surface area (Å²) in [5, 5.41) is 12.4. The Morgan fingerprint density at radius 1 is 1.21 bits per heavy atom. The number of anilines is 1. The molecule has 1 atom stereocenters. The van der Waals surface area contributed by atoms with Gasteiger partial charge in [0.05, 0.1) is 18.5 Å². The highest BCUT2D eigenvalue weighted by molar-refractivity contribution is 5.69. The van der Waals surface area contributed by atoms with Crippen LogP contribution >= 0.6 is 0 Å². The van der Waals surface area contributed by atoms with Crippen molar-refractivity contribution in [1.82, 2.24) is 19.7 Å². The lowest BCUT2D eigenvalue weighted by molar-refractivity contribution is 0.415. The summed E-state index contributed by atoms with van der Waals surface area (Å²) < 4.78 is 7.48. The quantitative estimate of drug-likeness (QED) is 0.785. The first kappa shape index (κ1) is 14.7. The Labute approximate surface area is 140 Å². The van der Waals surface area contributed by atoms with Gasteiger partial charge in [0.15, 0.2) is 5.82 Å². The van der Waals surface area contributed by atoms with Crippen molar-refractivity contribution < 1.29 is 4.74 Å². The van der Waals surface area contributed by atoms with Crippen molar-refractivity contribution in [3.63, 3.8) is 0 Å². The molecule has 1 aliphatic rings. The molecule has 0 spiro atoms. The van der Waals surface area contributed by atoms with E-state index in [2.05, 4.69) is 38.1 Å². The van der Waals surface area contributed by atoms with Gasteiger partial charge in [0.1, 0.15) is 11.6 Å². The summed E-state index contributed by atoms with van der Waals surface area (Å²) in [6.07, 6.45) is 3.67. The summed E-state index contributed by atoms with van der Waals surface area (Å²) in [5.41, 5.74) is 4.10. The molecule has 0 aliphatic carbocycles. The number of aromatic nitrogens is 4. The highest BCUT2D eigenvalue weighted by atomic mass is 16.5. The first-order valence-electron chi connectivity index (χ1n) is 7.97. The summed E-state index contributed by atoms with van der Waals surface area (Å²) in [7, 11) is 1.68. The van der Waals surface area contributed by atoms with E-state index in [0.29, 0.717) is 0 Å².